The summed E-state index contributed by atoms with van der Waals surface area (Å²) in [4.78, 5) is 42.3. The van der Waals surface area contributed by atoms with Crippen molar-refractivity contribution in [3.05, 3.63) is 93.9 Å². The van der Waals surface area contributed by atoms with E-state index in [9.17, 15) is 14.4 Å². The van der Waals surface area contributed by atoms with Gasteiger partial charge < -0.3 is 19.3 Å². The Morgan fingerprint density at radius 2 is 1.69 bits per heavy atom. The number of esters is 1. The summed E-state index contributed by atoms with van der Waals surface area (Å²) in [5, 5.41) is 9.54. The van der Waals surface area contributed by atoms with Crippen molar-refractivity contribution >= 4 is 46.5 Å². The molecule has 0 spiro atoms. The van der Waals surface area contributed by atoms with Crippen LogP contribution < -0.4 is 9.47 Å². The number of carboxylic acids is 1. The summed E-state index contributed by atoms with van der Waals surface area (Å²) in [6, 6.07) is 18.5. The number of amidine groups is 1. The van der Waals surface area contributed by atoms with Crippen LogP contribution in [0.3, 0.4) is 0 Å². The maximum absolute atomic E-state index is 12.9. The SMILES string of the molecule is CCOC(=O)c1ccc(N=C2SC(=Cc3ccc(OCc4ccc(C(=O)O)cc4)c(OC)c3)C(=O)N2C)cc1. The van der Waals surface area contributed by atoms with Gasteiger partial charge in [-0.3, -0.25) is 9.69 Å². The van der Waals surface area contributed by atoms with Crippen LogP contribution in [-0.4, -0.2) is 53.8 Å². The lowest BCUT2D eigenvalue weighted by Crippen LogP contribution is -2.23. The second-order valence-corrected chi connectivity index (χ2v) is 9.35. The monoisotopic (exact) mass is 546 g/mol. The Hall–Kier alpha value is -4.57. The number of ether oxygens (including phenoxy) is 3. The molecule has 1 aliphatic rings. The molecular formula is C29H26N2O7S. The van der Waals surface area contributed by atoms with Crippen molar-refractivity contribution in [2.75, 3.05) is 20.8 Å². The zero-order valence-corrected chi connectivity index (χ0v) is 22.4. The number of nitrogens with zero attached hydrogens (tertiary/aromatic N) is 2. The Kier molecular flexibility index (Phi) is 8.67. The summed E-state index contributed by atoms with van der Waals surface area (Å²) < 4.78 is 16.4. The van der Waals surface area contributed by atoms with Crippen LogP contribution in [0.5, 0.6) is 11.5 Å². The summed E-state index contributed by atoms with van der Waals surface area (Å²) in [5.74, 6) is -0.567. The van der Waals surface area contributed by atoms with Gasteiger partial charge in [-0.15, -0.1) is 0 Å². The molecule has 1 aliphatic heterocycles. The Balaban J connectivity index is 1.46. The fourth-order valence-corrected chi connectivity index (χ4v) is 4.58. The van der Waals surface area contributed by atoms with Gasteiger partial charge in [0.2, 0.25) is 0 Å². The number of benzene rings is 3. The summed E-state index contributed by atoms with van der Waals surface area (Å²) in [6.07, 6.45) is 1.76. The van der Waals surface area contributed by atoms with E-state index in [1.807, 2.05) is 6.07 Å². The number of amides is 1. The number of rotatable bonds is 9. The van der Waals surface area contributed by atoms with E-state index in [2.05, 4.69) is 4.99 Å². The van der Waals surface area contributed by atoms with Gasteiger partial charge in [0.25, 0.3) is 5.91 Å². The third-order valence-corrected chi connectivity index (χ3v) is 6.75. The van der Waals surface area contributed by atoms with E-state index in [-0.39, 0.29) is 18.1 Å². The van der Waals surface area contributed by atoms with Crippen LogP contribution >= 0.6 is 11.8 Å². The van der Waals surface area contributed by atoms with Crippen molar-refractivity contribution in [1.82, 2.24) is 4.90 Å². The molecule has 10 heteroatoms. The predicted octanol–water partition coefficient (Wildman–Crippen LogP) is 5.38. The molecule has 0 unspecified atom stereocenters. The van der Waals surface area contributed by atoms with Crippen molar-refractivity contribution in [2.45, 2.75) is 13.5 Å². The molecule has 0 radical (unpaired) electrons. The maximum Gasteiger partial charge on any atom is 0.338 e. The zero-order valence-electron chi connectivity index (χ0n) is 21.5. The molecule has 39 heavy (non-hydrogen) atoms. The van der Waals surface area contributed by atoms with Crippen LogP contribution in [-0.2, 0) is 16.1 Å². The van der Waals surface area contributed by atoms with E-state index in [0.717, 1.165) is 11.1 Å². The van der Waals surface area contributed by atoms with Gasteiger partial charge in [0.15, 0.2) is 16.7 Å². The molecule has 3 aromatic carbocycles. The minimum Gasteiger partial charge on any atom is -0.493 e. The smallest absolute Gasteiger partial charge is 0.338 e. The molecule has 3 aromatic rings. The van der Waals surface area contributed by atoms with E-state index in [0.29, 0.717) is 39.4 Å². The van der Waals surface area contributed by atoms with Crippen LogP contribution in [0.1, 0.15) is 38.8 Å². The van der Waals surface area contributed by atoms with Crippen LogP contribution in [0, 0.1) is 0 Å². The molecule has 0 atom stereocenters. The Morgan fingerprint density at radius 3 is 2.33 bits per heavy atom. The summed E-state index contributed by atoms with van der Waals surface area (Å²) in [7, 11) is 3.19. The zero-order chi connectivity index (χ0) is 27.9. The average Bonchev–Trinajstić information content (AvgIpc) is 3.20. The first-order valence-electron chi connectivity index (χ1n) is 12.0. The lowest BCUT2D eigenvalue weighted by Gasteiger charge is -2.12. The molecule has 0 saturated carbocycles. The first-order valence-corrected chi connectivity index (χ1v) is 12.8. The Labute approximate surface area is 229 Å². The molecule has 0 bridgehead atoms. The second kappa shape index (κ2) is 12.3. The first kappa shape index (κ1) is 27.5. The van der Waals surface area contributed by atoms with Crippen LogP contribution in [0.2, 0.25) is 0 Å². The lowest BCUT2D eigenvalue weighted by atomic mass is 10.1. The van der Waals surface area contributed by atoms with E-state index in [1.165, 1.54) is 35.9 Å². The van der Waals surface area contributed by atoms with Crippen molar-refractivity contribution in [1.29, 1.82) is 0 Å². The van der Waals surface area contributed by atoms with Gasteiger partial charge in [-0.1, -0.05) is 18.2 Å². The highest BCUT2D eigenvalue weighted by molar-refractivity contribution is 8.18. The number of methoxy groups -OCH3 is 1. The van der Waals surface area contributed by atoms with Crippen LogP contribution in [0.15, 0.2) is 76.6 Å². The number of aliphatic imine (C=N–C) groups is 1. The minimum atomic E-state index is -0.984. The molecule has 1 saturated heterocycles. The number of carboxylic acid groups (broad SMARTS) is 1. The van der Waals surface area contributed by atoms with E-state index in [4.69, 9.17) is 19.3 Å². The molecule has 0 aromatic heterocycles. The van der Waals surface area contributed by atoms with Gasteiger partial charge in [0.1, 0.15) is 6.61 Å². The van der Waals surface area contributed by atoms with Crippen molar-refractivity contribution < 1.29 is 33.7 Å². The molecule has 4 rings (SSSR count). The number of thioether (sulfide) groups is 1. The Bertz CT molecular complexity index is 1450. The van der Waals surface area contributed by atoms with Gasteiger partial charge in [-0.2, -0.15) is 0 Å². The van der Waals surface area contributed by atoms with Crippen molar-refractivity contribution in [3.8, 4) is 11.5 Å². The molecule has 1 amide bonds. The summed E-state index contributed by atoms with van der Waals surface area (Å²) >= 11 is 1.25. The number of carbonyl (C=O) groups is 3. The van der Waals surface area contributed by atoms with Crippen LogP contribution in [0.4, 0.5) is 5.69 Å². The molecule has 200 valence electrons. The number of aromatic carboxylic acids is 1. The average molecular weight is 547 g/mol. The normalized spacial score (nSPS) is 15.1. The minimum absolute atomic E-state index is 0.189. The fourth-order valence-electron chi connectivity index (χ4n) is 3.60. The molecular weight excluding hydrogens is 520 g/mol. The molecule has 0 aliphatic carbocycles. The molecule has 1 N–H and O–H groups in total. The maximum atomic E-state index is 12.9. The number of hydrogen-bond acceptors (Lipinski definition) is 8. The summed E-state index contributed by atoms with van der Waals surface area (Å²) in [6.45, 7) is 2.28. The number of likely N-dealkylation sites (N-methyl/N-ethyl adjacent to an activating group) is 1. The van der Waals surface area contributed by atoms with Gasteiger partial charge >= 0.3 is 11.9 Å². The van der Waals surface area contributed by atoms with Gasteiger partial charge in [0.05, 0.1) is 35.4 Å². The van der Waals surface area contributed by atoms with Gasteiger partial charge in [-0.05, 0) is 84.4 Å². The topological polar surface area (TPSA) is 115 Å². The number of carbonyl (C=O) groups excluding carboxylic acids is 2. The Morgan fingerprint density at radius 1 is 1.00 bits per heavy atom. The third kappa shape index (κ3) is 6.66. The largest absolute Gasteiger partial charge is 0.493 e. The van der Waals surface area contributed by atoms with Gasteiger partial charge in [-0.25, -0.2) is 14.6 Å². The first-order chi connectivity index (χ1) is 18.8. The quantitative estimate of drug-likeness (QED) is 0.281. The molecule has 9 nitrogen and oxygen atoms in total. The fraction of sp³-hybridized carbons (Fsp3) is 0.172. The third-order valence-electron chi connectivity index (χ3n) is 5.69. The predicted molar refractivity (Wildman–Crippen MR) is 149 cm³/mol. The summed E-state index contributed by atoms with van der Waals surface area (Å²) in [5.41, 5.74) is 2.80. The highest BCUT2D eigenvalue weighted by atomic mass is 32.2. The van der Waals surface area contributed by atoms with E-state index in [1.54, 1.807) is 68.6 Å². The van der Waals surface area contributed by atoms with Crippen molar-refractivity contribution in [3.63, 3.8) is 0 Å². The molecule has 1 fully saturated rings. The van der Waals surface area contributed by atoms with Crippen LogP contribution in [0.25, 0.3) is 6.08 Å². The highest BCUT2D eigenvalue weighted by Crippen LogP contribution is 2.35. The van der Waals surface area contributed by atoms with E-state index >= 15 is 0 Å². The second-order valence-electron chi connectivity index (χ2n) is 8.34. The lowest BCUT2D eigenvalue weighted by molar-refractivity contribution is -0.121. The van der Waals surface area contributed by atoms with E-state index < -0.39 is 11.9 Å². The number of hydrogen-bond donors (Lipinski definition) is 1. The van der Waals surface area contributed by atoms with Gasteiger partial charge in [0, 0.05) is 7.05 Å². The van der Waals surface area contributed by atoms with Crippen molar-refractivity contribution in [2.24, 2.45) is 4.99 Å². The molecule has 1 heterocycles. The highest BCUT2D eigenvalue weighted by Gasteiger charge is 2.30. The standard InChI is InChI=1S/C29H26N2O7S/c1-4-37-28(35)21-10-12-22(13-11-21)30-29-31(2)26(32)25(39-29)16-19-7-14-23(24(15-19)36-3)38-17-18-5-8-20(9-6-18)27(33)34/h5-16H,4,17H2,1-3H3,(H,33,34).